The van der Waals surface area contributed by atoms with Gasteiger partial charge < -0.3 is 9.88 Å². The number of rotatable bonds is 4. The summed E-state index contributed by atoms with van der Waals surface area (Å²) >= 11 is 2.05. The predicted molar refractivity (Wildman–Crippen MR) is 90.3 cm³/mol. The third-order valence-electron chi connectivity index (χ3n) is 3.11. The molecule has 0 aliphatic carbocycles. The Kier molecular flexibility index (Phi) is 4.81. The Balaban J connectivity index is 2.42. The molecule has 1 heterocycles. The number of pyridine rings is 1. The van der Waals surface area contributed by atoms with E-state index < -0.39 is 7.14 Å². The quantitative estimate of drug-likeness (QED) is 0.614. The third-order valence-corrected chi connectivity index (χ3v) is 6.40. The van der Waals surface area contributed by atoms with Gasteiger partial charge in [0.25, 0.3) is 0 Å². The van der Waals surface area contributed by atoms with Crippen molar-refractivity contribution in [2.75, 3.05) is 18.1 Å². The summed E-state index contributed by atoms with van der Waals surface area (Å²) in [6.45, 7) is 3.62. The first kappa shape index (κ1) is 15.4. The van der Waals surface area contributed by atoms with Gasteiger partial charge in [0.15, 0.2) is 0 Å². The summed E-state index contributed by atoms with van der Waals surface area (Å²) in [5.74, 6) is -0.339. The Bertz CT molecular complexity index is 678. The van der Waals surface area contributed by atoms with Crippen molar-refractivity contribution in [2.24, 2.45) is 0 Å². The number of hydrogen-bond donors (Lipinski definition) is 1. The Morgan fingerprint density at radius 2 is 2.10 bits per heavy atom. The molecule has 20 heavy (non-hydrogen) atoms. The molecule has 1 aromatic carbocycles. The number of halogens is 2. The van der Waals surface area contributed by atoms with Gasteiger partial charge in [-0.2, -0.15) is 0 Å². The molecule has 0 aliphatic heterocycles. The van der Waals surface area contributed by atoms with Crippen LogP contribution in [0.5, 0.6) is 0 Å². The molecule has 1 N–H and O–H groups in total. The van der Waals surface area contributed by atoms with Crippen molar-refractivity contribution in [1.29, 1.82) is 0 Å². The molecular formula is C14H15FIN2OP. The number of anilines is 2. The summed E-state index contributed by atoms with van der Waals surface area (Å²) in [6, 6.07) is 6.66. The number of nitrogens with one attached hydrogen (secondary N) is 1. The highest BCUT2D eigenvalue weighted by Crippen LogP contribution is 2.41. The van der Waals surface area contributed by atoms with Crippen LogP contribution in [0.25, 0.3) is 0 Å². The molecule has 0 fully saturated rings. The van der Waals surface area contributed by atoms with Crippen LogP contribution in [-0.4, -0.2) is 17.8 Å². The molecule has 0 saturated heterocycles. The van der Waals surface area contributed by atoms with E-state index in [0.29, 0.717) is 22.8 Å². The first-order chi connectivity index (χ1) is 9.44. The summed E-state index contributed by atoms with van der Waals surface area (Å²) in [6.07, 6.45) is 3.75. The van der Waals surface area contributed by atoms with E-state index in [4.69, 9.17) is 0 Å². The number of aromatic nitrogens is 1. The lowest BCUT2D eigenvalue weighted by atomic mass is 10.3. The van der Waals surface area contributed by atoms with Crippen LogP contribution in [0.1, 0.15) is 6.92 Å². The van der Waals surface area contributed by atoms with Gasteiger partial charge in [-0.1, -0.05) is 6.92 Å². The zero-order chi connectivity index (χ0) is 14.8. The molecule has 6 heteroatoms. The van der Waals surface area contributed by atoms with Gasteiger partial charge in [0.1, 0.15) is 13.0 Å². The zero-order valence-corrected chi connectivity index (χ0v) is 14.3. The van der Waals surface area contributed by atoms with Gasteiger partial charge in [0.2, 0.25) is 0 Å². The van der Waals surface area contributed by atoms with E-state index in [1.165, 1.54) is 6.07 Å². The topological polar surface area (TPSA) is 42.0 Å². The van der Waals surface area contributed by atoms with Gasteiger partial charge in [-0.3, -0.25) is 4.98 Å². The monoisotopic (exact) mass is 404 g/mol. The fourth-order valence-corrected chi connectivity index (χ4v) is 3.60. The largest absolute Gasteiger partial charge is 0.351 e. The molecule has 1 atom stereocenters. The Morgan fingerprint density at radius 3 is 2.75 bits per heavy atom. The van der Waals surface area contributed by atoms with Gasteiger partial charge in [-0.25, -0.2) is 4.39 Å². The van der Waals surface area contributed by atoms with Crippen LogP contribution in [0.4, 0.5) is 15.8 Å². The first-order valence-corrected chi connectivity index (χ1v) is 9.59. The Labute approximate surface area is 131 Å². The molecule has 0 radical (unpaired) electrons. The van der Waals surface area contributed by atoms with Crippen LogP contribution < -0.4 is 10.6 Å². The van der Waals surface area contributed by atoms with E-state index in [1.807, 2.05) is 13.0 Å². The van der Waals surface area contributed by atoms with Crippen molar-refractivity contribution in [1.82, 2.24) is 4.98 Å². The molecule has 0 saturated carbocycles. The van der Waals surface area contributed by atoms with Crippen molar-refractivity contribution in [3.63, 3.8) is 0 Å². The fraction of sp³-hybridized carbons (Fsp3) is 0.214. The Morgan fingerprint density at radius 1 is 1.35 bits per heavy atom. The SMILES string of the molecule is CC[P@](C)(=O)c1ccncc1Nc1ccc(I)cc1F. The van der Waals surface area contributed by atoms with Crippen molar-refractivity contribution in [3.05, 3.63) is 46.0 Å². The molecule has 0 bridgehead atoms. The summed E-state index contributed by atoms with van der Waals surface area (Å²) < 4.78 is 27.3. The van der Waals surface area contributed by atoms with E-state index in [2.05, 4.69) is 32.9 Å². The summed E-state index contributed by atoms with van der Waals surface area (Å²) in [4.78, 5) is 4.03. The molecule has 2 aromatic rings. The summed E-state index contributed by atoms with van der Waals surface area (Å²) in [5.41, 5.74) is 0.955. The number of benzene rings is 1. The second kappa shape index (κ2) is 6.22. The highest BCUT2D eigenvalue weighted by molar-refractivity contribution is 14.1. The highest BCUT2D eigenvalue weighted by Gasteiger charge is 2.20. The minimum atomic E-state index is -2.45. The number of hydrogen-bond acceptors (Lipinski definition) is 3. The molecular weight excluding hydrogens is 389 g/mol. The minimum Gasteiger partial charge on any atom is -0.351 e. The highest BCUT2D eigenvalue weighted by atomic mass is 127. The average Bonchev–Trinajstić information content (AvgIpc) is 2.42. The minimum absolute atomic E-state index is 0.339. The van der Waals surface area contributed by atoms with Crippen molar-refractivity contribution in [3.8, 4) is 0 Å². The molecule has 2 rings (SSSR count). The second-order valence-corrected chi connectivity index (χ2v) is 9.12. The lowest BCUT2D eigenvalue weighted by Gasteiger charge is -2.17. The standard InChI is InChI=1S/C14H15FIN2OP/c1-3-20(2,19)14-6-7-17-9-13(14)18-12-5-4-10(16)8-11(12)15/h4-9,18H,3H2,1-2H3/t20-/m0/s1. The van der Waals surface area contributed by atoms with Crippen LogP contribution in [-0.2, 0) is 4.57 Å². The zero-order valence-electron chi connectivity index (χ0n) is 11.2. The van der Waals surface area contributed by atoms with Crippen LogP contribution in [0.2, 0.25) is 0 Å². The van der Waals surface area contributed by atoms with E-state index in [1.54, 1.807) is 31.2 Å². The molecule has 0 amide bonds. The van der Waals surface area contributed by atoms with E-state index in [0.717, 1.165) is 3.57 Å². The van der Waals surface area contributed by atoms with Gasteiger partial charge in [0.05, 0.1) is 17.6 Å². The first-order valence-electron chi connectivity index (χ1n) is 6.17. The molecule has 0 aliphatic rings. The van der Waals surface area contributed by atoms with E-state index in [-0.39, 0.29) is 5.82 Å². The second-order valence-electron chi connectivity index (χ2n) is 4.56. The summed E-state index contributed by atoms with van der Waals surface area (Å²) in [7, 11) is -2.45. The normalized spacial score (nSPS) is 13.8. The molecule has 0 unspecified atom stereocenters. The molecule has 3 nitrogen and oxygen atoms in total. The maximum Gasteiger partial charge on any atom is 0.147 e. The van der Waals surface area contributed by atoms with E-state index >= 15 is 0 Å². The average molecular weight is 404 g/mol. The molecule has 1 aromatic heterocycles. The van der Waals surface area contributed by atoms with Crippen LogP contribution in [0, 0.1) is 9.39 Å². The van der Waals surface area contributed by atoms with Gasteiger partial charge in [-0.05, 0) is 53.5 Å². The van der Waals surface area contributed by atoms with Crippen molar-refractivity contribution >= 4 is 46.4 Å². The van der Waals surface area contributed by atoms with Gasteiger partial charge in [0, 0.05) is 21.2 Å². The maximum absolute atomic E-state index is 13.9. The van der Waals surface area contributed by atoms with Crippen molar-refractivity contribution in [2.45, 2.75) is 6.92 Å². The number of nitrogens with zero attached hydrogens (tertiary/aromatic N) is 1. The van der Waals surface area contributed by atoms with Crippen LogP contribution >= 0.6 is 29.7 Å². The fourth-order valence-electron chi connectivity index (χ4n) is 1.80. The predicted octanol–water partition coefficient (Wildman–Crippen LogP) is 4.21. The molecule has 0 spiro atoms. The lowest BCUT2D eigenvalue weighted by molar-refractivity contribution is 0.585. The van der Waals surface area contributed by atoms with Crippen LogP contribution in [0.3, 0.4) is 0 Å². The van der Waals surface area contributed by atoms with E-state index in [9.17, 15) is 8.96 Å². The molecule has 106 valence electrons. The maximum atomic E-state index is 13.9. The Hall–Kier alpha value is -0.940. The van der Waals surface area contributed by atoms with Crippen LogP contribution in [0.15, 0.2) is 36.7 Å². The van der Waals surface area contributed by atoms with Crippen molar-refractivity contribution < 1.29 is 8.96 Å². The smallest absolute Gasteiger partial charge is 0.147 e. The van der Waals surface area contributed by atoms with Gasteiger partial charge in [-0.15, -0.1) is 0 Å². The lowest BCUT2D eigenvalue weighted by Crippen LogP contribution is -2.12. The summed E-state index contributed by atoms with van der Waals surface area (Å²) in [5, 5.41) is 3.70. The third kappa shape index (κ3) is 3.38. The van der Waals surface area contributed by atoms with Gasteiger partial charge >= 0.3 is 0 Å².